The minimum atomic E-state index is -0.292. The average molecular weight is 378 g/mol. The zero-order chi connectivity index (χ0) is 19.5. The van der Waals surface area contributed by atoms with E-state index in [0.29, 0.717) is 23.8 Å². The van der Waals surface area contributed by atoms with Crippen LogP contribution in [-0.4, -0.2) is 21.0 Å². The number of fused-ring (bicyclic) bond motifs is 1. The number of aromatic nitrogens is 3. The van der Waals surface area contributed by atoms with Crippen LogP contribution >= 0.6 is 0 Å². The highest BCUT2D eigenvalue weighted by Crippen LogP contribution is 2.18. The molecule has 4 rings (SSSR count). The Bertz CT molecular complexity index is 1170. The molecule has 1 amide bonds. The van der Waals surface area contributed by atoms with E-state index in [-0.39, 0.29) is 30.1 Å². The summed E-state index contributed by atoms with van der Waals surface area (Å²) in [4.78, 5) is 31.3. The van der Waals surface area contributed by atoms with Gasteiger partial charge in [0.2, 0.25) is 17.6 Å². The molecule has 3 aromatic heterocycles. The number of pyridine rings is 1. The molecule has 3 heterocycles. The number of carbonyl (C=O) groups excluding carboxylic acids is 1. The van der Waals surface area contributed by atoms with Crippen LogP contribution < -0.4 is 10.9 Å². The van der Waals surface area contributed by atoms with Crippen LogP contribution in [0.4, 0.5) is 0 Å². The lowest BCUT2D eigenvalue weighted by Crippen LogP contribution is -2.22. The van der Waals surface area contributed by atoms with Gasteiger partial charge >= 0.3 is 0 Å². The molecule has 0 saturated heterocycles. The molecule has 0 aliphatic heterocycles. The van der Waals surface area contributed by atoms with Crippen LogP contribution in [-0.2, 0) is 17.8 Å². The molecule has 28 heavy (non-hydrogen) atoms. The maximum Gasteiger partial charge on any atom is 0.259 e. The predicted molar refractivity (Wildman–Crippen MR) is 101 cm³/mol. The number of hydrogen-bond acceptors (Lipinski definition) is 6. The van der Waals surface area contributed by atoms with Gasteiger partial charge in [0.1, 0.15) is 5.76 Å². The van der Waals surface area contributed by atoms with Gasteiger partial charge in [-0.05, 0) is 42.6 Å². The van der Waals surface area contributed by atoms with Crippen molar-refractivity contribution >= 4 is 16.8 Å². The van der Waals surface area contributed by atoms with Crippen molar-refractivity contribution in [1.82, 2.24) is 20.4 Å². The molecule has 142 valence electrons. The van der Waals surface area contributed by atoms with Crippen molar-refractivity contribution in [3.8, 4) is 11.4 Å². The highest BCUT2D eigenvalue weighted by Gasteiger charge is 2.14. The van der Waals surface area contributed by atoms with Gasteiger partial charge in [0, 0.05) is 18.4 Å². The number of amides is 1. The van der Waals surface area contributed by atoms with E-state index in [1.807, 2.05) is 25.1 Å². The number of aromatic amines is 1. The maximum absolute atomic E-state index is 12.3. The number of rotatable bonds is 6. The van der Waals surface area contributed by atoms with Crippen molar-refractivity contribution in [2.24, 2.45) is 0 Å². The van der Waals surface area contributed by atoms with Crippen LogP contribution in [0, 0.1) is 6.92 Å². The second-order valence-electron chi connectivity index (χ2n) is 6.47. The summed E-state index contributed by atoms with van der Waals surface area (Å²) in [6, 6.07) is 11.1. The zero-order valence-electron chi connectivity index (χ0n) is 15.2. The van der Waals surface area contributed by atoms with E-state index in [2.05, 4.69) is 20.4 Å². The molecule has 4 aromatic rings. The van der Waals surface area contributed by atoms with Crippen LogP contribution in [0.5, 0.6) is 0 Å². The van der Waals surface area contributed by atoms with Crippen molar-refractivity contribution in [1.29, 1.82) is 0 Å². The third-order valence-corrected chi connectivity index (χ3v) is 4.31. The molecule has 0 spiro atoms. The molecule has 0 aliphatic carbocycles. The summed E-state index contributed by atoms with van der Waals surface area (Å²) in [6.45, 7) is 2.31. The van der Waals surface area contributed by atoms with E-state index < -0.39 is 0 Å². The Morgan fingerprint density at radius 2 is 2.14 bits per heavy atom. The van der Waals surface area contributed by atoms with E-state index in [1.165, 1.54) is 0 Å². The molecular formula is C20H18N4O4. The summed E-state index contributed by atoms with van der Waals surface area (Å²) in [5.74, 6) is 1.02. The molecule has 0 atom stereocenters. The Morgan fingerprint density at radius 1 is 1.25 bits per heavy atom. The van der Waals surface area contributed by atoms with Crippen molar-refractivity contribution in [3.05, 3.63) is 70.2 Å². The molecular weight excluding hydrogens is 360 g/mol. The van der Waals surface area contributed by atoms with Gasteiger partial charge in [-0.2, -0.15) is 4.98 Å². The third kappa shape index (κ3) is 3.85. The minimum Gasteiger partial charge on any atom is -0.467 e. The smallest absolute Gasteiger partial charge is 0.259 e. The Kier molecular flexibility index (Phi) is 4.76. The molecule has 8 heteroatoms. The van der Waals surface area contributed by atoms with Crippen molar-refractivity contribution < 1.29 is 13.7 Å². The zero-order valence-corrected chi connectivity index (χ0v) is 15.2. The van der Waals surface area contributed by atoms with Gasteiger partial charge in [0.05, 0.1) is 18.4 Å². The summed E-state index contributed by atoms with van der Waals surface area (Å²) in [7, 11) is 0. The summed E-state index contributed by atoms with van der Waals surface area (Å²) in [5.41, 5.74) is 1.87. The standard InChI is InChI=1S/C20H18N4O4/c1-12-4-5-16-13(9-12)10-15(20(26)22-16)19-23-18(28-24-19)7-6-17(25)21-11-14-3-2-8-27-14/h2-5,8-10H,6-7,11H2,1H3,(H,21,25)(H,22,26). The Hall–Kier alpha value is -3.68. The molecule has 8 nitrogen and oxygen atoms in total. The molecule has 0 radical (unpaired) electrons. The van der Waals surface area contributed by atoms with Gasteiger partial charge in [-0.1, -0.05) is 16.8 Å². The normalized spacial score (nSPS) is 11.0. The van der Waals surface area contributed by atoms with Crippen molar-refractivity contribution in [2.75, 3.05) is 0 Å². The average Bonchev–Trinajstić information content (AvgIpc) is 3.36. The lowest BCUT2D eigenvalue weighted by molar-refractivity contribution is -0.121. The van der Waals surface area contributed by atoms with Gasteiger partial charge in [-0.15, -0.1) is 0 Å². The number of carbonyl (C=O) groups is 1. The minimum absolute atomic E-state index is 0.157. The molecule has 0 unspecified atom stereocenters. The number of aryl methyl sites for hydroxylation is 2. The van der Waals surface area contributed by atoms with Gasteiger partial charge in [0.25, 0.3) is 5.56 Å². The Morgan fingerprint density at radius 3 is 2.96 bits per heavy atom. The number of nitrogens with zero attached hydrogens (tertiary/aromatic N) is 2. The molecule has 0 bridgehead atoms. The van der Waals surface area contributed by atoms with Crippen LogP contribution in [0.15, 0.2) is 56.4 Å². The predicted octanol–water partition coefficient (Wildman–Crippen LogP) is 2.73. The van der Waals surface area contributed by atoms with E-state index in [1.54, 1.807) is 24.5 Å². The van der Waals surface area contributed by atoms with Gasteiger partial charge in [0.15, 0.2) is 0 Å². The Balaban J connectivity index is 1.44. The fourth-order valence-corrected chi connectivity index (χ4v) is 2.87. The van der Waals surface area contributed by atoms with Crippen LogP contribution in [0.2, 0.25) is 0 Å². The molecule has 0 fully saturated rings. The quantitative estimate of drug-likeness (QED) is 0.533. The summed E-state index contributed by atoms with van der Waals surface area (Å²) >= 11 is 0. The molecule has 0 saturated carbocycles. The number of furan rings is 1. The lowest BCUT2D eigenvalue weighted by Gasteiger charge is -2.01. The first-order chi connectivity index (χ1) is 13.6. The van der Waals surface area contributed by atoms with E-state index in [4.69, 9.17) is 8.94 Å². The van der Waals surface area contributed by atoms with Crippen molar-refractivity contribution in [3.63, 3.8) is 0 Å². The van der Waals surface area contributed by atoms with E-state index in [9.17, 15) is 9.59 Å². The highest BCUT2D eigenvalue weighted by molar-refractivity contribution is 5.83. The SMILES string of the molecule is Cc1ccc2[nH]c(=O)c(-c3noc(CCC(=O)NCc4ccco4)n3)cc2c1. The van der Waals surface area contributed by atoms with Crippen LogP contribution in [0.25, 0.3) is 22.3 Å². The van der Waals surface area contributed by atoms with Gasteiger partial charge in [-0.3, -0.25) is 9.59 Å². The third-order valence-electron chi connectivity index (χ3n) is 4.31. The molecule has 0 aliphatic rings. The summed E-state index contributed by atoms with van der Waals surface area (Å²) in [6.07, 6.45) is 2.02. The Labute approximate surface area is 159 Å². The summed E-state index contributed by atoms with van der Waals surface area (Å²) < 4.78 is 10.4. The van der Waals surface area contributed by atoms with Gasteiger partial charge < -0.3 is 19.2 Å². The van der Waals surface area contributed by atoms with Crippen molar-refractivity contribution in [2.45, 2.75) is 26.3 Å². The topological polar surface area (TPSA) is 114 Å². The fourth-order valence-electron chi connectivity index (χ4n) is 2.87. The summed E-state index contributed by atoms with van der Waals surface area (Å²) in [5, 5.41) is 7.53. The first-order valence-corrected chi connectivity index (χ1v) is 8.84. The fraction of sp³-hybridized carbons (Fsp3) is 0.200. The number of hydrogen-bond donors (Lipinski definition) is 2. The molecule has 1 aromatic carbocycles. The van der Waals surface area contributed by atoms with E-state index >= 15 is 0 Å². The monoisotopic (exact) mass is 378 g/mol. The second kappa shape index (κ2) is 7.51. The first kappa shape index (κ1) is 17.7. The molecule has 2 N–H and O–H groups in total. The number of H-pyrrole nitrogens is 1. The van der Waals surface area contributed by atoms with Crippen LogP contribution in [0.3, 0.4) is 0 Å². The number of nitrogens with one attached hydrogen (secondary N) is 2. The largest absolute Gasteiger partial charge is 0.467 e. The highest BCUT2D eigenvalue weighted by atomic mass is 16.5. The lowest BCUT2D eigenvalue weighted by atomic mass is 10.1. The van der Waals surface area contributed by atoms with E-state index in [0.717, 1.165) is 16.5 Å². The number of benzene rings is 1. The van der Waals surface area contributed by atoms with Gasteiger partial charge in [-0.25, -0.2) is 0 Å². The second-order valence-corrected chi connectivity index (χ2v) is 6.47. The first-order valence-electron chi connectivity index (χ1n) is 8.84. The maximum atomic E-state index is 12.3. The van der Waals surface area contributed by atoms with Crippen LogP contribution in [0.1, 0.15) is 23.6 Å².